The van der Waals surface area contributed by atoms with Gasteiger partial charge in [-0.15, -0.1) is 0 Å². The van der Waals surface area contributed by atoms with Crippen LogP contribution in [0.25, 0.3) is 11.0 Å². The van der Waals surface area contributed by atoms with Crippen molar-refractivity contribution >= 4 is 28.8 Å². The summed E-state index contributed by atoms with van der Waals surface area (Å²) in [4.78, 5) is 16.0. The van der Waals surface area contributed by atoms with E-state index in [1.54, 1.807) is 16.3 Å². The van der Waals surface area contributed by atoms with E-state index >= 15 is 0 Å². The van der Waals surface area contributed by atoms with Gasteiger partial charge in [0.05, 0.1) is 11.0 Å². The minimum Gasteiger partial charge on any atom is -0.480 e. The number of fused-ring (bicyclic) bond motifs is 1. The lowest BCUT2D eigenvalue weighted by Gasteiger charge is -2.18. The third kappa shape index (κ3) is 4.51. The van der Waals surface area contributed by atoms with Crippen LogP contribution in [0.5, 0.6) is 0 Å². The van der Waals surface area contributed by atoms with Crippen LogP contribution >= 0.6 is 11.8 Å². The van der Waals surface area contributed by atoms with Crippen molar-refractivity contribution < 1.29 is 9.90 Å². The third-order valence-electron chi connectivity index (χ3n) is 4.95. The molecule has 4 aromatic rings. The second kappa shape index (κ2) is 8.97. The summed E-state index contributed by atoms with van der Waals surface area (Å²) in [7, 11) is 0. The molecule has 0 unspecified atom stereocenters. The molecule has 0 saturated heterocycles. The Morgan fingerprint density at radius 1 is 0.897 bits per heavy atom. The second-order valence-electron chi connectivity index (χ2n) is 6.87. The number of rotatable bonds is 8. The van der Waals surface area contributed by atoms with Gasteiger partial charge < -0.3 is 9.67 Å². The highest BCUT2D eigenvalue weighted by atomic mass is 32.2. The van der Waals surface area contributed by atoms with Gasteiger partial charge in [-0.25, -0.2) is 4.98 Å². The Balaban J connectivity index is 1.56. The van der Waals surface area contributed by atoms with E-state index in [-0.39, 0.29) is 6.54 Å². The molecule has 0 amide bonds. The van der Waals surface area contributed by atoms with Gasteiger partial charge in [-0.05, 0) is 29.7 Å². The van der Waals surface area contributed by atoms with Crippen molar-refractivity contribution in [2.45, 2.75) is 24.0 Å². The number of carboxylic acids is 1. The topological polar surface area (TPSA) is 55.1 Å². The number of carbonyl (C=O) groups is 1. The van der Waals surface area contributed by atoms with Crippen LogP contribution in [0.2, 0.25) is 0 Å². The number of para-hydroxylation sites is 2. The molecule has 29 heavy (non-hydrogen) atoms. The molecular formula is C24H22N2O2S. The average Bonchev–Trinajstić information content (AvgIpc) is 3.09. The molecule has 1 aromatic heterocycles. The number of aromatic nitrogens is 2. The molecule has 0 aliphatic heterocycles. The maximum absolute atomic E-state index is 11.4. The monoisotopic (exact) mass is 402 g/mol. The largest absolute Gasteiger partial charge is 0.480 e. The average molecular weight is 403 g/mol. The molecule has 0 saturated carbocycles. The van der Waals surface area contributed by atoms with E-state index in [2.05, 4.69) is 53.5 Å². The van der Waals surface area contributed by atoms with E-state index in [0.717, 1.165) is 28.4 Å². The first-order valence-corrected chi connectivity index (χ1v) is 10.6. The number of thioether (sulfide) groups is 1. The number of carboxylic acid groups (broad SMARTS) is 1. The molecule has 0 atom stereocenters. The highest BCUT2D eigenvalue weighted by Gasteiger charge is 2.17. The molecule has 5 heteroatoms. The van der Waals surface area contributed by atoms with Gasteiger partial charge in [-0.3, -0.25) is 4.79 Å². The summed E-state index contributed by atoms with van der Waals surface area (Å²) in [5.74, 6) is 0.279. The quantitative estimate of drug-likeness (QED) is 0.399. The molecule has 0 aliphatic carbocycles. The van der Waals surface area contributed by atoms with Crippen LogP contribution in [0.1, 0.15) is 23.5 Å². The van der Waals surface area contributed by atoms with Crippen molar-refractivity contribution in [2.75, 3.05) is 5.75 Å². The SMILES string of the molecule is O=C(O)Cn1c(SCCC(c2ccccc2)c2ccccc2)nc2ccccc21. The van der Waals surface area contributed by atoms with Crippen molar-refractivity contribution in [3.8, 4) is 0 Å². The first-order valence-electron chi connectivity index (χ1n) is 9.62. The van der Waals surface area contributed by atoms with Crippen molar-refractivity contribution in [1.82, 2.24) is 9.55 Å². The van der Waals surface area contributed by atoms with Gasteiger partial charge in [-0.2, -0.15) is 0 Å². The van der Waals surface area contributed by atoms with Crippen LogP contribution in [-0.4, -0.2) is 26.4 Å². The van der Waals surface area contributed by atoms with Crippen LogP contribution in [-0.2, 0) is 11.3 Å². The third-order valence-corrected chi connectivity index (χ3v) is 5.96. The minimum atomic E-state index is -0.860. The number of hydrogen-bond acceptors (Lipinski definition) is 3. The molecule has 0 spiro atoms. The summed E-state index contributed by atoms with van der Waals surface area (Å²) in [5, 5.41) is 10.1. The van der Waals surface area contributed by atoms with Gasteiger partial charge >= 0.3 is 5.97 Å². The van der Waals surface area contributed by atoms with Gasteiger partial charge in [0.1, 0.15) is 6.54 Å². The zero-order valence-electron chi connectivity index (χ0n) is 15.9. The second-order valence-corrected chi connectivity index (χ2v) is 7.94. The maximum Gasteiger partial charge on any atom is 0.323 e. The molecule has 0 fully saturated rings. The molecule has 0 radical (unpaired) electrons. The van der Waals surface area contributed by atoms with Crippen LogP contribution in [0.4, 0.5) is 0 Å². The Hall–Kier alpha value is -3.05. The van der Waals surface area contributed by atoms with Gasteiger partial charge in [0.25, 0.3) is 0 Å². The lowest BCUT2D eigenvalue weighted by Crippen LogP contribution is -2.10. The normalized spacial score (nSPS) is 11.2. The van der Waals surface area contributed by atoms with E-state index in [4.69, 9.17) is 0 Å². The Morgan fingerprint density at radius 3 is 2.10 bits per heavy atom. The van der Waals surface area contributed by atoms with Crippen molar-refractivity contribution in [1.29, 1.82) is 0 Å². The number of nitrogens with zero attached hydrogens (tertiary/aromatic N) is 2. The van der Waals surface area contributed by atoms with E-state index < -0.39 is 5.97 Å². The molecule has 146 valence electrons. The van der Waals surface area contributed by atoms with Gasteiger partial charge in [0.15, 0.2) is 5.16 Å². The highest BCUT2D eigenvalue weighted by Crippen LogP contribution is 2.31. The molecule has 3 aromatic carbocycles. The van der Waals surface area contributed by atoms with Gasteiger partial charge in [0, 0.05) is 11.7 Å². The van der Waals surface area contributed by atoms with Crippen molar-refractivity contribution in [2.24, 2.45) is 0 Å². The van der Waals surface area contributed by atoms with Crippen LogP contribution in [0.15, 0.2) is 90.1 Å². The highest BCUT2D eigenvalue weighted by molar-refractivity contribution is 7.99. The fraction of sp³-hybridized carbons (Fsp3) is 0.167. The van der Waals surface area contributed by atoms with E-state index in [1.807, 2.05) is 36.4 Å². The fourth-order valence-corrected chi connectivity index (χ4v) is 4.63. The number of imidazole rings is 1. The summed E-state index contributed by atoms with van der Waals surface area (Å²) < 4.78 is 1.79. The maximum atomic E-state index is 11.4. The summed E-state index contributed by atoms with van der Waals surface area (Å²) in [6.45, 7) is -0.0797. The van der Waals surface area contributed by atoms with E-state index in [9.17, 15) is 9.90 Å². The first kappa shape index (κ1) is 19.3. The standard InChI is InChI=1S/C24H22N2O2S/c27-23(28)17-26-22-14-8-7-13-21(22)25-24(26)29-16-15-20(18-9-3-1-4-10-18)19-11-5-2-6-12-19/h1-14,20H,15-17H2,(H,27,28). The molecular weight excluding hydrogens is 380 g/mol. The summed E-state index contributed by atoms with van der Waals surface area (Å²) in [6.07, 6.45) is 0.939. The molecule has 4 nitrogen and oxygen atoms in total. The zero-order valence-corrected chi connectivity index (χ0v) is 16.8. The Kier molecular flexibility index (Phi) is 5.96. The predicted octanol–water partition coefficient (Wildman–Crippen LogP) is 5.44. The van der Waals surface area contributed by atoms with E-state index in [0.29, 0.717) is 5.92 Å². The number of benzene rings is 3. The summed E-state index contributed by atoms with van der Waals surface area (Å²) in [6, 6.07) is 28.7. The Labute approximate surface area is 174 Å². The lowest BCUT2D eigenvalue weighted by atomic mass is 9.89. The molecule has 0 aliphatic rings. The van der Waals surface area contributed by atoms with Gasteiger partial charge in [-0.1, -0.05) is 84.6 Å². The van der Waals surface area contributed by atoms with E-state index in [1.165, 1.54) is 11.1 Å². The van der Waals surface area contributed by atoms with Crippen LogP contribution in [0.3, 0.4) is 0 Å². The minimum absolute atomic E-state index is 0.0797. The molecule has 1 N–H and O–H groups in total. The summed E-state index contributed by atoms with van der Waals surface area (Å²) >= 11 is 1.62. The first-order chi connectivity index (χ1) is 14.2. The molecule has 1 heterocycles. The molecule has 0 bridgehead atoms. The van der Waals surface area contributed by atoms with Crippen molar-refractivity contribution in [3.05, 3.63) is 96.1 Å². The number of aliphatic carboxylic acids is 1. The zero-order chi connectivity index (χ0) is 20.1. The lowest BCUT2D eigenvalue weighted by molar-refractivity contribution is -0.137. The smallest absolute Gasteiger partial charge is 0.323 e. The number of hydrogen-bond donors (Lipinski definition) is 1. The van der Waals surface area contributed by atoms with Crippen LogP contribution in [0, 0.1) is 0 Å². The fourth-order valence-electron chi connectivity index (χ4n) is 3.62. The molecule has 4 rings (SSSR count). The Morgan fingerprint density at radius 2 is 1.48 bits per heavy atom. The van der Waals surface area contributed by atoms with Crippen LogP contribution < -0.4 is 0 Å². The van der Waals surface area contributed by atoms with Crippen molar-refractivity contribution in [3.63, 3.8) is 0 Å². The van der Waals surface area contributed by atoms with Gasteiger partial charge in [0.2, 0.25) is 0 Å². The summed E-state index contributed by atoms with van der Waals surface area (Å²) in [5.41, 5.74) is 4.27. The predicted molar refractivity (Wildman–Crippen MR) is 117 cm³/mol. The Bertz CT molecular complexity index is 1050.